The van der Waals surface area contributed by atoms with Gasteiger partial charge in [0.25, 0.3) is 0 Å². The summed E-state index contributed by atoms with van der Waals surface area (Å²) in [6, 6.07) is 9.89. The summed E-state index contributed by atoms with van der Waals surface area (Å²) in [5.41, 5.74) is 0. The number of rotatable bonds is 6. The van der Waals surface area contributed by atoms with Crippen LogP contribution in [0.3, 0.4) is 0 Å². The second kappa shape index (κ2) is 5.37. The van der Waals surface area contributed by atoms with Crippen LogP contribution in [0.2, 0.25) is 0 Å². The Kier molecular flexibility index (Phi) is 3.85. The van der Waals surface area contributed by atoms with Crippen LogP contribution >= 0.6 is 11.8 Å². The highest BCUT2D eigenvalue weighted by molar-refractivity contribution is 7.99. The largest absolute Gasteiger partial charge is 0.480 e. The van der Waals surface area contributed by atoms with Crippen molar-refractivity contribution >= 4 is 17.7 Å². The van der Waals surface area contributed by atoms with Crippen molar-refractivity contribution in [3.8, 4) is 0 Å². The maximum absolute atomic E-state index is 11.0. The van der Waals surface area contributed by atoms with E-state index in [0.29, 0.717) is 11.8 Å². The lowest BCUT2D eigenvalue weighted by Crippen LogP contribution is -2.40. The monoisotopic (exact) mass is 237 g/mol. The number of carboxylic acids is 1. The number of hydrogen-bond donors (Lipinski definition) is 2. The highest BCUT2D eigenvalue weighted by atomic mass is 32.2. The molecule has 1 atom stereocenters. The Labute approximate surface area is 99.2 Å². The minimum absolute atomic E-state index is 0.428. The summed E-state index contributed by atoms with van der Waals surface area (Å²) >= 11 is 1.58. The van der Waals surface area contributed by atoms with Crippen LogP contribution < -0.4 is 5.32 Å². The van der Waals surface area contributed by atoms with Gasteiger partial charge in [-0.2, -0.15) is 0 Å². The van der Waals surface area contributed by atoms with Crippen molar-refractivity contribution < 1.29 is 9.90 Å². The van der Waals surface area contributed by atoms with Crippen molar-refractivity contribution in [2.75, 3.05) is 5.75 Å². The minimum Gasteiger partial charge on any atom is -0.480 e. The fourth-order valence-corrected chi connectivity index (χ4v) is 2.37. The predicted octanol–water partition coefficient (Wildman–Crippen LogP) is 1.98. The molecule has 2 rings (SSSR count). The minimum atomic E-state index is -0.754. The second-order valence-corrected chi connectivity index (χ2v) is 5.05. The summed E-state index contributed by atoms with van der Waals surface area (Å²) in [7, 11) is 0. The molecule has 1 aliphatic carbocycles. The number of hydrogen-bond acceptors (Lipinski definition) is 3. The fourth-order valence-electron chi connectivity index (χ4n) is 1.42. The van der Waals surface area contributed by atoms with Crippen LogP contribution in [0, 0.1) is 0 Å². The molecule has 86 valence electrons. The molecule has 1 aromatic rings. The number of aliphatic carboxylic acids is 1. The van der Waals surface area contributed by atoms with E-state index in [1.807, 2.05) is 30.3 Å². The van der Waals surface area contributed by atoms with Crippen molar-refractivity contribution in [2.45, 2.75) is 29.8 Å². The molecular formula is C12H15NO2S. The molecule has 0 heterocycles. The van der Waals surface area contributed by atoms with Crippen LogP contribution in [0.1, 0.15) is 12.8 Å². The molecule has 0 aliphatic heterocycles. The average molecular weight is 237 g/mol. The van der Waals surface area contributed by atoms with Gasteiger partial charge in [-0.1, -0.05) is 18.2 Å². The smallest absolute Gasteiger partial charge is 0.321 e. The number of nitrogens with one attached hydrogen (secondary N) is 1. The summed E-state index contributed by atoms with van der Waals surface area (Å²) in [6.07, 6.45) is 2.22. The first kappa shape index (κ1) is 11.5. The van der Waals surface area contributed by atoms with Crippen LogP contribution in [-0.2, 0) is 4.79 Å². The SMILES string of the molecule is O=C(O)C(CSc1ccccc1)NC1CC1. The average Bonchev–Trinajstić information content (AvgIpc) is 3.09. The highest BCUT2D eigenvalue weighted by Gasteiger charge is 2.28. The Morgan fingerprint density at radius 3 is 2.69 bits per heavy atom. The lowest BCUT2D eigenvalue weighted by Gasteiger charge is -2.13. The molecule has 1 saturated carbocycles. The Hall–Kier alpha value is -1.00. The van der Waals surface area contributed by atoms with Crippen molar-refractivity contribution in [3.63, 3.8) is 0 Å². The van der Waals surface area contributed by atoms with Gasteiger partial charge in [0.1, 0.15) is 6.04 Å². The first-order chi connectivity index (χ1) is 7.75. The third-order valence-corrected chi connectivity index (χ3v) is 3.58. The number of carboxylic acid groups (broad SMARTS) is 1. The molecular weight excluding hydrogens is 222 g/mol. The van der Waals surface area contributed by atoms with Gasteiger partial charge >= 0.3 is 5.97 Å². The molecule has 4 heteroatoms. The normalized spacial score (nSPS) is 17.0. The number of thioether (sulfide) groups is 1. The molecule has 0 spiro atoms. The molecule has 0 bridgehead atoms. The van der Waals surface area contributed by atoms with Gasteiger partial charge in [-0.05, 0) is 25.0 Å². The number of benzene rings is 1. The predicted molar refractivity (Wildman–Crippen MR) is 64.7 cm³/mol. The van der Waals surface area contributed by atoms with E-state index in [2.05, 4.69) is 5.32 Å². The molecule has 0 radical (unpaired) electrons. The van der Waals surface area contributed by atoms with E-state index in [0.717, 1.165) is 17.7 Å². The quantitative estimate of drug-likeness (QED) is 0.743. The summed E-state index contributed by atoms with van der Waals surface area (Å²) in [5.74, 6) is -0.175. The van der Waals surface area contributed by atoms with E-state index >= 15 is 0 Å². The Balaban J connectivity index is 1.83. The molecule has 1 aromatic carbocycles. The van der Waals surface area contributed by atoms with Gasteiger partial charge in [-0.25, -0.2) is 0 Å². The van der Waals surface area contributed by atoms with E-state index in [4.69, 9.17) is 5.11 Å². The Morgan fingerprint density at radius 1 is 1.44 bits per heavy atom. The third kappa shape index (κ3) is 3.54. The van der Waals surface area contributed by atoms with Gasteiger partial charge in [-0.15, -0.1) is 11.8 Å². The topological polar surface area (TPSA) is 49.3 Å². The molecule has 1 unspecified atom stereocenters. The molecule has 0 saturated heterocycles. The Bertz CT molecular complexity index is 351. The maximum Gasteiger partial charge on any atom is 0.321 e. The fraction of sp³-hybridized carbons (Fsp3) is 0.417. The van der Waals surface area contributed by atoms with Crippen molar-refractivity contribution in [1.29, 1.82) is 0 Å². The molecule has 1 aliphatic rings. The zero-order chi connectivity index (χ0) is 11.4. The van der Waals surface area contributed by atoms with Crippen LogP contribution in [-0.4, -0.2) is 28.9 Å². The molecule has 3 nitrogen and oxygen atoms in total. The second-order valence-electron chi connectivity index (χ2n) is 3.96. The third-order valence-electron chi connectivity index (χ3n) is 2.47. The van der Waals surface area contributed by atoms with Crippen molar-refractivity contribution in [1.82, 2.24) is 5.32 Å². The van der Waals surface area contributed by atoms with Crippen LogP contribution in [0.5, 0.6) is 0 Å². The molecule has 0 aromatic heterocycles. The standard InChI is InChI=1S/C12H15NO2S/c14-12(15)11(13-9-6-7-9)8-16-10-4-2-1-3-5-10/h1-5,9,11,13H,6-8H2,(H,14,15). The zero-order valence-corrected chi connectivity index (χ0v) is 9.74. The lowest BCUT2D eigenvalue weighted by atomic mass is 10.3. The van der Waals surface area contributed by atoms with Gasteiger partial charge < -0.3 is 10.4 Å². The molecule has 0 amide bonds. The molecule has 16 heavy (non-hydrogen) atoms. The Morgan fingerprint density at radius 2 is 2.12 bits per heavy atom. The summed E-state index contributed by atoms with van der Waals surface area (Å²) in [6.45, 7) is 0. The van der Waals surface area contributed by atoms with Crippen molar-refractivity contribution in [2.24, 2.45) is 0 Å². The van der Waals surface area contributed by atoms with Gasteiger partial charge in [0.15, 0.2) is 0 Å². The van der Waals surface area contributed by atoms with Gasteiger partial charge in [0.05, 0.1) is 0 Å². The van der Waals surface area contributed by atoms with E-state index < -0.39 is 12.0 Å². The zero-order valence-electron chi connectivity index (χ0n) is 8.93. The molecule has 2 N–H and O–H groups in total. The van der Waals surface area contributed by atoms with Crippen LogP contribution in [0.15, 0.2) is 35.2 Å². The summed E-state index contributed by atoms with van der Waals surface area (Å²) in [4.78, 5) is 12.1. The highest BCUT2D eigenvalue weighted by Crippen LogP contribution is 2.22. The van der Waals surface area contributed by atoms with E-state index in [1.54, 1.807) is 11.8 Å². The van der Waals surface area contributed by atoms with Crippen LogP contribution in [0.25, 0.3) is 0 Å². The summed E-state index contributed by atoms with van der Waals surface area (Å²) in [5, 5.41) is 12.2. The van der Waals surface area contributed by atoms with E-state index in [9.17, 15) is 4.79 Å². The first-order valence-corrected chi connectivity index (χ1v) is 6.41. The van der Waals surface area contributed by atoms with Crippen molar-refractivity contribution in [3.05, 3.63) is 30.3 Å². The van der Waals surface area contributed by atoms with Gasteiger partial charge in [0, 0.05) is 16.7 Å². The van der Waals surface area contributed by atoms with E-state index in [-0.39, 0.29) is 0 Å². The first-order valence-electron chi connectivity index (χ1n) is 5.42. The lowest BCUT2D eigenvalue weighted by molar-refractivity contribution is -0.138. The van der Waals surface area contributed by atoms with Gasteiger partial charge in [-0.3, -0.25) is 4.79 Å². The molecule has 1 fully saturated rings. The maximum atomic E-state index is 11.0. The number of carbonyl (C=O) groups is 1. The van der Waals surface area contributed by atoms with Crippen LogP contribution in [0.4, 0.5) is 0 Å². The van der Waals surface area contributed by atoms with Gasteiger partial charge in [0.2, 0.25) is 0 Å². The summed E-state index contributed by atoms with van der Waals surface area (Å²) < 4.78 is 0. The van der Waals surface area contributed by atoms with E-state index in [1.165, 1.54) is 0 Å².